The predicted octanol–water partition coefficient (Wildman–Crippen LogP) is 5.97. The first-order valence-corrected chi connectivity index (χ1v) is 11.6. The molecule has 1 N–H and O–H groups in total. The number of rotatable bonds is 9. The van der Waals surface area contributed by atoms with Gasteiger partial charge in [-0.05, 0) is 74.9 Å². The van der Waals surface area contributed by atoms with Crippen LogP contribution in [0.25, 0.3) is 16.9 Å². The van der Waals surface area contributed by atoms with Crippen LogP contribution in [0, 0.1) is 5.82 Å². The molecule has 4 rings (SSSR count). The molecule has 1 unspecified atom stereocenters. The maximum atomic E-state index is 13.5. The second-order valence-corrected chi connectivity index (χ2v) is 7.95. The summed E-state index contributed by atoms with van der Waals surface area (Å²) in [7, 11) is 0. The summed E-state index contributed by atoms with van der Waals surface area (Å²) in [5.74, 6) is 0.665. The molecule has 1 atom stereocenters. The number of carbonyl (C=O) groups excluding carboxylic acids is 1. The van der Waals surface area contributed by atoms with Crippen molar-refractivity contribution in [1.82, 2.24) is 15.1 Å². The Morgan fingerprint density at radius 2 is 1.66 bits per heavy atom. The van der Waals surface area contributed by atoms with Crippen LogP contribution in [0.1, 0.15) is 42.7 Å². The van der Waals surface area contributed by atoms with Gasteiger partial charge in [0.1, 0.15) is 11.5 Å². The van der Waals surface area contributed by atoms with Crippen LogP contribution in [0.5, 0.6) is 11.5 Å². The smallest absolute Gasteiger partial charge is 0.255 e. The highest BCUT2D eigenvalue weighted by Gasteiger charge is 2.21. The minimum atomic E-state index is -0.350. The molecule has 35 heavy (non-hydrogen) atoms. The molecule has 0 fully saturated rings. The van der Waals surface area contributed by atoms with Crippen molar-refractivity contribution in [2.75, 3.05) is 13.2 Å². The van der Waals surface area contributed by atoms with Gasteiger partial charge in [-0.2, -0.15) is 5.10 Å². The zero-order chi connectivity index (χ0) is 24.8. The number of ether oxygens (including phenoxy) is 2. The molecule has 1 heterocycles. The number of benzene rings is 3. The van der Waals surface area contributed by atoms with E-state index in [1.54, 1.807) is 23.0 Å². The van der Waals surface area contributed by atoms with E-state index in [9.17, 15) is 9.18 Å². The second kappa shape index (κ2) is 10.9. The molecule has 180 valence electrons. The van der Waals surface area contributed by atoms with E-state index in [0.29, 0.717) is 41.5 Å². The first-order chi connectivity index (χ1) is 17.0. The second-order valence-electron chi connectivity index (χ2n) is 7.95. The van der Waals surface area contributed by atoms with Gasteiger partial charge in [0, 0.05) is 11.8 Å². The third-order valence-electron chi connectivity index (χ3n) is 5.51. The summed E-state index contributed by atoms with van der Waals surface area (Å²) in [6.07, 6.45) is 1.69. The molecule has 1 amide bonds. The van der Waals surface area contributed by atoms with Gasteiger partial charge in [-0.25, -0.2) is 9.07 Å². The molecular weight excluding hydrogens is 445 g/mol. The zero-order valence-corrected chi connectivity index (χ0v) is 20.0. The van der Waals surface area contributed by atoms with Crippen molar-refractivity contribution in [2.45, 2.75) is 26.8 Å². The van der Waals surface area contributed by atoms with Gasteiger partial charge in [-0.15, -0.1) is 0 Å². The van der Waals surface area contributed by atoms with Gasteiger partial charge in [0.15, 0.2) is 11.5 Å². The van der Waals surface area contributed by atoms with E-state index in [1.807, 2.05) is 69.3 Å². The van der Waals surface area contributed by atoms with Crippen LogP contribution < -0.4 is 14.8 Å². The lowest BCUT2D eigenvalue weighted by atomic mass is 10.1. The summed E-state index contributed by atoms with van der Waals surface area (Å²) in [6.45, 7) is 6.77. The van der Waals surface area contributed by atoms with Crippen LogP contribution in [-0.4, -0.2) is 28.9 Å². The Morgan fingerprint density at radius 3 is 2.34 bits per heavy atom. The van der Waals surface area contributed by atoms with E-state index in [4.69, 9.17) is 9.47 Å². The van der Waals surface area contributed by atoms with E-state index < -0.39 is 0 Å². The fourth-order valence-corrected chi connectivity index (χ4v) is 3.77. The molecular formula is C28H28FN3O3. The van der Waals surface area contributed by atoms with Gasteiger partial charge in [0.2, 0.25) is 0 Å². The Bertz CT molecular complexity index is 1290. The molecule has 0 bridgehead atoms. The van der Waals surface area contributed by atoms with Crippen LogP contribution in [0.15, 0.2) is 79.0 Å². The van der Waals surface area contributed by atoms with Crippen LogP contribution >= 0.6 is 0 Å². The van der Waals surface area contributed by atoms with Crippen molar-refractivity contribution in [3.63, 3.8) is 0 Å². The minimum absolute atomic E-state index is 0.286. The van der Waals surface area contributed by atoms with Crippen molar-refractivity contribution in [2.24, 2.45) is 0 Å². The number of carbonyl (C=O) groups is 1. The average Bonchev–Trinajstić information content (AvgIpc) is 3.32. The highest BCUT2D eigenvalue weighted by molar-refractivity contribution is 6.00. The lowest BCUT2D eigenvalue weighted by molar-refractivity contribution is 0.0940. The topological polar surface area (TPSA) is 65.4 Å². The maximum absolute atomic E-state index is 13.5. The van der Waals surface area contributed by atoms with Crippen LogP contribution in [0.4, 0.5) is 4.39 Å². The number of hydrogen-bond acceptors (Lipinski definition) is 4. The first-order valence-electron chi connectivity index (χ1n) is 11.6. The number of nitrogens with zero attached hydrogens (tertiary/aromatic N) is 2. The number of nitrogens with one attached hydrogen (secondary N) is 1. The van der Waals surface area contributed by atoms with Crippen LogP contribution in [-0.2, 0) is 0 Å². The SMILES string of the molecule is CCOc1ccc(C(C)NC(=O)c2cn(-c3ccccc3)nc2-c2ccc(F)cc2)cc1OCC. The summed E-state index contributed by atoms with van der Waals surface area (Å²) >= 11 is 0. The van der Waals surface area contributed by atoms with E-state index >= 15 is 0 Å². The summed E-state index contributed by atoms with van der Waals surface area (Å²) in [4.78, 5) is 13.4. The van der Waals surface area contributed by atoms with Gasteiger partial charge in [0.05, 0.1) is 30.5 Å². The van der Waals surface area contributed by atoms with Crippen LogP contribution in [0.3, 0.4) is 0 Å². The van der Waals surface area contributed by atoms with E-state index in [-0.39, 0.29) is 17.8 Å². The highest BCUT2D eigenvalue weighted by Crippen LogP contribution is 2.31. The van der Waals surface area contributed by atoms with Crippen molar-refractivity contribution in [3.8, 4) is 28.4 Å². The maximum Gasteiger partial charge on any atom is 0.255 e. The van der Waals surface area contributed by atoms with Gasteiger partial charge in [-0.1, -0.05) is 24.3 Å². The van der Waals surface area contributed by atoms with Crippen molar-refractivity contribution in [3.05, 3.63) is 95.9 Å². The number of halogens is 1. The van der Waals surface area contributed by atoms with Gasteiger partial charge in [0.25, 0.3) is 5.91 Å². The highest BCUT2D eigenvalue weighted by atomic mass is 19.1. The third-order valence-corrected chi connectivity index (χ3v) is 5.51. The predicted molar refractivity (Wildman–Crippen MR) is 134 cm³/mol. The zero-order valence-electron chi connectivity index (χ0n) is 20.0. The average molecular weight is 474 g/mol. The van der Waals surface area contributed by atoms with Gasteiger partial charge < -0.3 is 14.8 Å². The number of aromatic nitrogens is 2. The molecule has 0 spiro atoms. The monoisotopic (exact) mass is 473 g/mol. The Kier molecular flexibility index (Phi) is 7.45. The fourth-order valence-electron chi connectivity index (χ4n) is 3.77. The van der Waals surface area contributed by atoms with E-state index in [1.165, 1.54) is 12.1 Å². The normalized spacial score (nSPS) is 11.7. The summed E-state index contributed by atoms with van der Waals surface area (Å²) in [6, 6.07) is 20.8. The number of amides is 1. The van der Waals surface area contributed by atoms with Crippen molar-refractivity contribution < 1.29 is 18.7 Å². The largest absolute Gasteiger partial charge is 0.490 e. The summed E-state index contributed by atoms with van der Waals surface area (Å²) in [5, 5.41) is 7.71. The van der Waals surface area contributed by atoms with Gasteiger partial charge >= 0.3 is 0 Å². The van der Waals surface area contributed by atoms with Crippen molar-refractivity contribution >= 4 is 5.91 Å². The Balaban J connectivity index is 1.65. The molecule has 6 nitrogen and oxygen atoms in total. The van der Waals surface area contributed by atoms with Crippen LogP contribution in [0.2, 0.25) is 0 Å². The summed E-state index contributed by atoms with van der Waals surface area (Å²) in [5.41, 5.74) is 3.21. The molecule has 4 aromatic rings. The number of para-hydroxylation sites is 1. The molecule has 3 aromatic carbocycles. The molecule has 0 saturated heterocycles. The van der Waals surface area contributed by atoms with E-state index in [2.05, 4.69) is 10.4 Å². The molecule has 0 aliphatic rings. The molecule has 1 aromatic heterocycles. The number of hydrogen-bond donors (Lipinski definition) is 1. The minimum Gasteiger partial charge on any atom is -0.490 e. The Morgan fingerprint density at radius 1 is 0.971 bits per heavy atom. The Hall–Kier alpha value is -4.13. The quantitative estimate of drug-likeness (QED) is 0.325. The fraction of sp³-hybridized carbons (Fsp3) is 0.214. The molecule has 7 heteroatoms. The molecule has 0 saturated carbocycles. The lowest BCUT2D eigenvalue weighted by Gasteiger charge is -2.17. The third kappa shape index (κ3) is 5.51. The summed E-state index contributed by atoms with van der Waals surface area (Å²) < 4.78 is 26.6. The molecule has 0 radical (unpaired) electrons. The Labute approximate surface area is 204 Å². The van der Waals surface area contributed by atoms with Crippen molar-refractivity contribution in [1.29, 1.82) is 0 Å². The molecule has 0 aliphatic carbocycles. The lowest BCUT2D eigenvalue weighted by Crippen LogP contribution is -2.26. The van der Waals surface area contributed by atoms with Gasteiger partial charge in [-0.3, -0.25) is 4.79 Å². The molecule has 0 aliphatic heterocycles. The first kappa shape index (κ1) is 24.0. The standard InChI is InChI=1S/C28H28FN3O3/c1-4-34-25-16-13-21(17-26(25)35-5-2)19(3)30-28(33)24-18-32(23-9-7-6-8-10-23)31-27(24)20-11-14-22(29)15-12-20/h6-19H,4-5H2,1-3H3,(H,30,33). The van der Waals surface area contributed by atoms with E-state index in [0.717, 1.165) is 11.3 Å².